The molecule has 1 aromatic carbocycles. The van der Waals surface area contributed by atoms with Crippen LogP contribution in [0.4, 0.5) is 4.79 Å². The summed E-state index contributed by atoms with van der Waals surface area (Å²) in [5.74, 6) is -0.343. The molecule has 10 nitrogen and oxygen atoms in total. The Morgan fingerprint density at radius 1 is 1.17 bits per heavy atom. The first-order valence-electron chi connectivity index (χ1n) is 10.4. The Bertz CT molecular complexity index is 726. The molecule has 1 heterocycles. The number of carbonyl (C=O) groups is 1. The summed E-state index contributed by atoms with van der Waals surface area (Å²) in [6.45, 7) is 0.588. The normalized spacial score (nSPS) is 22.2. The van der Waals surface area contributed by atoms with Gasteiger partial charge in [0.1, 0.15) is 6.61 Å². The molecule has 0 unspecified atom stereocenters. The smallest absolute Gasteiger partial charge is 0.407 e. The van der Waals surface area contributed by atoms with Gasteiger partial charge in [0.05, 0.1) is 12.1 Å². The second kappa shape index (κ2) is 10.8. The van der Waals surface area contributed by atoms with E-state index in [1.165, 1.54) is 11.3 Å². The number of guanidine groups is 1. The molecule has 3 N–H and O–H groups in total. The Balaban J connectivity index is 1.64. The summed E-state index contributed by atoms with van der Waals surface area (Å²) >= 11 is 0. The van der Waals surface area contributed by atoms with Crippen LogP contribution < -0.4 is 10.7 Å². The van der Waals surface area contributed by atoms with Crippen molar-refractivity contribution >= 4 is 12.1 Å². The fraction of sp³-hybridized carbons (Fsp3) is 0.600. The van der Waals surface area contributed by atoms with Crippen LogP contribution in [0, 0.1) is 15.5 Å². The predicted molar refractivity (Wildman–Crippen MR) is 109 cm³/mol. The third-order valence-corrected chi connectivity index (χ3v) is 5.45. The maximum Gasteiger partial charge on any atom is 0.407 e. The van der Waals surface area contributed by atoms with Crippen molar-refractivity contribution in [1.82, 2.24) is 15.6 Å². The van der Waals surface area contributed by atoms with Crippen LogP contribution in [-0.2, 0) is 16.1 Å². The van der Waals surface area contributed by atoms with Crippen molar-refractivity contribution in [3.8, 4) is 0 Å². The molecule has 1 saturated heterocycles. The van der Waals surface area contributed by atoms with Gasteiger partial charge >= 0.3 is 6.09 Å². The summed E-state index contributed by atoms with van der Waals surface area (Å²) in [5.41, 5.74) is 2.79. The largest absolute Gasteiger partial charge is 0.445 e. The molecule has 1 aliphatic carbocycles. The van der Waals surface area contributed by atoms with E-state index >= 15 is 0 Å². The van der Waals surface area contributed by atoms with E-state index in [0.717, 1.165) is 31.2 Å². The van der Waals surface area contributed by atoms with Gasteiger partial charge in [0.25, 0.3) is 5.96 Å². The molecule has 2 atom stereocenters. The number of hydrogen-bond acceptors (Lipinski definition) is 6. The minimum atomic E-state index is -0.759. The van der Waals surface area contributed by atoms with Crippen LogP contribution in [-0.4, -0.2) is 46.9 Å². The monoisotopic (exact) mass is 419 g/mol. The lowest BCUT2D eigenvalue weighted by Gasteiger charge is -2.43. The molecule has 1 aromatic rings. The summed E-state index contributed by atoms with van der Waals surface area (Å²) < 4.78 is 11.6. The van der Waals surface area contributed by atoms with Crippen LogP contribution in [0.25, 0.3) is 0 Å². The van der Waals surface area contributed by atoms with Gasteiger partial charge in [0.2, 0.25) is 0 Å². The lowest BCUT2D eigenvalue weighted by atomic mass is 9.97. The fourth-order valence-electron chi connectivity index (χ4n) is 3.98. The Morgan fingerprint density at radius 2 is 1.90 bits per heavy atom. The molecule has 0 spiro atoms. The molecular formula is C20H29N5O5. The lowest BCUT2D eigenvalue weighted by molar-refractivity contribution is -0.527. The van der Waals surface area contributed by atoms with Gasteiger partial charge in [0, 0.05) is 6.54 Å². The zero-order valence-corrected chi connectivity index (χ0v) is 16.9. The zero-order valence-electron chi connectivity index (χ0n) is 16.9. The average molecular weight is 419 g/mol. The SMILES string of the molecule is N=C(N[N+](=O)[O-])N1CCC[C@H](NC(=O)OCc2ccccc2)[C@@H]1OC1CCCCC1. The van der Waals surface area contributed by atoms with Crippen LogP contribution >= 0.6 is 0 Å². The third-order valence-electron chi connectivity index (χ3n) is 5.45. The van der Waals surface area contributed by atoms with Crippen LogP contribution in [0.3, 0.4) is 0 Å². The van der Waals surface area contributed by atoms with Crippen molar-refractivity contribution in [3.05, 3.63) is 46.0 Å². The first-order chi connectivity index (χ1) is 14.5. The average Bonchev–Trinajstić information content (AvgIpc) is 2.74. The molecule has 30 heavy (non-hydrogen) atoms. The number of nitro groups is 1. The van der Waals surface area contributed by atoms with Gasteiger partial charge in [0.15, 0.2) is 11.3 Å². The maximum absolute atomic E-state index is 12.4. The minimum absolute atomic E-state index is 0.0115. The van der Waals surface area contributed by atoms with Crippen LogP contribution in [0.5, 0.6) is 0 Å². The van der Waals surface area contributed by atoms with E-state index in [9.17, 15) is 14.9 Å². The first kappa shape index (κ1) is 21.8. The van der Waals surface area contributed by atoms with Crippen molar-refractivity contribution in [2.45, 2.75) is 69.9 Å². The summed E-state index contributed by atoms with van der Waals surface area (Å²) in [7, 11) is 0. The summed E-state index contributed by atoms with van der Waals surface area (Å²) in [6.07, 6.45) is 5.20. The second-order valence-corrected chi connectivity index (χ2v) is 7.65. The maximum atomic E-state index is 12.4. The molecule has 2 aliphatic rings. The van der Waals surface area contributed by atoms with Gasteiger partial charge in [-0.1, -0.05) is 55.0 Å². The van der Waals surface area contributed by atoms with Crippen LogP contribution in [0.15, 0.2) is 30.3 Å². The standard InChI is InChI=1S/C20H29N5O5/c21-19(23-25(27)28)24-13-7-12-17(18(24)30-16-10-5-2-6-11-16)22-20(26)29-14-15-8-3-1-4-9-15/h1,3-4,8-9,16-18H,2,5-7,10-14H2,(H2,21,23)(H,22,26)/t17-,18-/m0/s1. The van der Waals surface area contributed by atoms with Crippen molar-refractivity contribution in [3.63, 3.8) is 0 Å². The van der Waals surface area contributed by atoms with Gasteiger partial charge in [-0.25, -0.2) is 14.9 Å². The van der Waals surface area contributed by atoms with E-state index in [-0.39, 0.29) is 18.7 Å². The van der Waals surface area contributed by atoms with Crippen molar-refractivity contribution in [2.24, 2.45) is 0 Å². The van der Waals surface area contributed by atoms with Gasteiger partial charge < -0.3 is 19.7 Å². The Kier molecular flexibility index (Phi) is 7.83. The number of hydrazine groups is 1. The molecule has 0 radical (unpaired) electrons. The zero-order chi connectivity index (χ0) is 21.3. The second-order valence-electron chi connectivity index (χ2n) is 7.65. The first-order valence-corrected chi connectivity index (χ1v) is 10.4. The number of nitrogens with zero attached hydrogens (tertiary/aromatic N) is 2. The number of carbonyl (C=O) groups excluding carboxylic acids is 1. The number of alkyl carbamates (subject to hydrolysis) is 1. The quantitative estimate of drug-likeness (QED) is 0.280. The van der Waals surface area contributed by atoms with Gasteiger partial charge in [-0.15, -0.1) is 0 Å². The van der Waals surface area contributed by atoms with Crippen molar-refractivity contribution in [2.75, 3.05) is 6.54 Å². The molecule has 1 amide bonds. The van der Waals surface area contributed by atoms with Gasteiger partial charge in [-0.2, -0.15) is 0 Å². The van der Waals surface area contributed by atoms with Crippen molar-refractivity contribution in [1.29, 1.82) is 5.41 Å². The van der Waals surface area contributed by atoms with E-state index in [1.54, 1.807) is 0 Å². The molecule has 0 bridgehead atoms. The summed E-state index contributed by atoms with van der Waals surface area (Å²) in [4.78, 5) is 24.7. The fourth-order valence-corrected chi connectivity index (χ4v) is 3.98. The molecule has 2 fully saturated rings. The minimum Gasteiger partial charge on any atom is -0.445 e. The van der Waals surface area contributed by atoms with E-state index in [1.807, 2.05) is 35.8 Å². The third kappa shape index (κ3) is 6.31. The highest BCUT2D eigenvalue weighted by Gasteiger charge is 2.38. The number of hydrogen-bond donors (Lipinski definition) is 3. The summed E-state index contributed by atoms with van der Waals surface area (Å²) in [6, 6.07) is 8.94. The molecule has 164 valence electrons. The molecule has 3 rings (SSSR count). The van der Waals surface area contributed by atoms with Gasteiger partial charge in [-0.05, 0) is 31.2 Å². The predicted octanol–water partition coefficient (Wildman–Crippen LogP) is 2.77. The number of ether oxygens (including phenoxy) is 2. The highest BCUT2D eigenvalue weighted by atomic mass is 16.7. The van der Waals surface area contributed by atoms with Crippen molar-refractivity contribution < 1.29 is 19.3 Å². The Morgan fingerprint density at radius 3 is 2.60 bits per heavy atom. The molecule has 1 aliphatic heterocycles. The number of likely N-dealkylation sites (tertiary alicyclic amines) is 1. The molecule has 1 saturated carbocycles. The lowest BCUT2D eigenvalue weighted by Crippen LogP contribution is -2.61. The van der Waals surface area contributed by atoms with E-state index < -0.39 is 23.4 Å². The number of amides is 1. The van der Waals surface area contributed by atoms with E-state index in [0.29, 0.717) is 19.4 Å². The highest BCUT2D eigenvalue weighted by molar-refractivity contribution is 5.76. The highest BCUT2D eigenvalue weighted by Crippen LogP contribution is 2.26. The Labute approximate surface area is 175 Å². The van der Waals surface area contributed by atoms with E-state index in [2.05, 4.69) is 5.32 Å². The number of piperidine rings is 1. The number of nitrogens with one attached hydrogen (secondary N) is 3. The summed E-state index contributed by atoms with van der Waals surface area (Å²) in [5, 5.41) is 21.0. The van der Waals surface area contributed by atoms with E-state index in [4.69, 9.17) is 14.9 Å². The van der Waals surface area contributed by atoms with Crippen LogP contribution in [0.1, 0.15) is 50.5 Å². The Hall–Kier alpha value is -2.88. The molecular weight excluding hydrogens is 390 g/mol. The topological polar surface area (TPSA) is 130 Å². The molecule has 0 aromatic heterocycles. The number of rotatable bonds is 6. The molecule has 10 heteroatoms. The number of benzene rings is 1. The van der Waals surface area contributed by atoms with Gasteiger partial charge in [-0.3, -0.25) is 5.41 Å². The van der Waals surface area contributed by atoms with Crippen LogP contribution in [0.2, 0.25) is 0 Å².